The van der Waals surface area contributed by atoms with Crippen LogP contribution in [0.25, 0.3) is 0 Å². The van der Waals surface area contributed by atoms with Crippen molar-refractivity contribution in [2.45, 2.75) is 44.4 Å². The SMILES string of the molecule is O=C(NC1CC1)c1cc2n(n1)CCN(C(=O)C[C@H]1NC(=O)c3ccccc31)C2. The van der Waals surface area contributed by atoms with Crippen LogP contribution < -0.4 is 10.6 Å². The summed E-state index contributed by atoms with van der Waals surface area (Å²) in [4.78, 5) is 38.9. The maximum Gasteiger partial charge on any atom is 0.272 e. The summed E-state index contributed by atoms with van der Waals surface area (Å²) in [5.74, 6) is -0.289. The summed E-state index contributed by atoms with van der Waals surface area (Å²) >= 11 is 0. The van der Waals surface area contributed by atoms with Gasteiger partial charge in [-0.3, -0.25) is 19.1 Å². The molecule has 1 fully saturated rings. The minimum absolute atomic E-state index is 0.0153. The molecule has 28 heavy (non-hydrogen) atoms. The quantitative estimate of drug-likeness (QED) is 0.828. The number of carbonyl (C=O) groups excluding carboxylic acids is 3. The van der Waals surface area contributed by atoms with E-state index in [0.29, 0.717) is 30.9 Å². The van der Waals surface area contributed by atoms with Gasteiger partial charge in [-0.05, 0) is 30.5 Å². The van der Waals surface area contributed by atoms with E-state index in [0.717, 1.165) is 24.1 Å². The van der Waals surface area contributed by atoms with Crippen molar-refractivity contribution in [1.82, 2.24) is 25.3 Å². The zero-order chi connectivity index (χ0) is 19.3. The Morgan fingerprint density at radius 2 is 2.04 bits per heavy atom. The van der Waals surface area contributed by atoms with E-state index < -0.39 is 0 Å². The average molecular weight is 379 g/mol. The second-order valence-electron chi connectivity index (χ2n) is 7.62. The van der Waals surface area contributed by atoms with Gasteiger partial charge in [-0.2, -0.15) is 5.10 Å². The number of carbonyl (C=O) groups is 3. The number of nitrogens with zero attached hydrogens (tertiary/aromatic N) is 3. The van der Waals surface area contributed by atoms with Crippen LogP contribution in [0.2, 0.25) is 0 Å². The third-order valence-electron chi connectivity index (χ3n) is 5.56. The fourth-order valence-corrected chi connectivity index (χ4v) is 3.86. The Morgan fingerprint density at radius 3 is 2.86 bits per heavy atom. The van der Waals surface area contributed by atoms with E-state index in [-0.39, 0.29) is 36.2 Å². The number of aromatic nitrogens is 2. The van der Waals surface area contributed by atoms with Crippen LogP contribution in [0.1, 0.15) is 57.4 Å². The summed E-state index contributed by atoms with van der Waals surface area (Å²) in [5.41, 5.74) is 2.79. The number of rotatable bonds is 4. The van der Waals surface area contributed by atoms with Gasteiger partial charge in [0.1, 0.15) is 0 Å². The Kier molecular flexibility index (Phi) is 3.92. The van der Waals surface area contributed by atoms with Gasteiger partial charge in [0.05, 0.1) is 31.2 Å². The van der Waals surface area contributed by atoms with E-state index in [1.807, 2.05) is 18.2 Å². The zero-order valence-electron chi connectivity index (χ0n) is 15.4. The molecular formula is C20H21N5O3. The smallest absolute Gasteiger partial charge is 0.272 e. The highest BCUT2D eigenvalue weighted by molar-refractivity contribution is 5.99. The van der Waals surface area contributed by atoms with E-state index in [1.165, 1.54) is 0 Å². The van der Waals surface area contributed by atoms with Crippen molar-refractivity contribution in [3.05, 3.63) is 52.8 Å². The molecule has 2 N–H and O–H groups in total. The first-order valence-corrected chi connectivity index (χ1v) is 9.63. The van der Waals surface area contributed by atoms with Gasteiger partial charge in [0.2, 0.25) is 5.91 Å². The number of benzene rings is 1. The lowest BCUT2D eigenvalue weighted by Crippen LogP contribution is -2.39. The molecule has 8 heteroatoms. The number of fused-ring (bicyclic) bond motifs is 2. The third-order valence-corrected chi connectivity index (χ3v) is 5.56. The van der Waals surface area contributed by atoms with Crippen molar-refractivity contribution in [2.24, 2.45) is 0 Å². The molecule has 3 amide bonds. The Balaban J connectivity index is 1.26. The second kappa shape index (κ2) is 6.47. The monoisotopic (exact) mass is 379 g/mol. The van der Waals surface area contributed by atoms with E-state index >= 15 is 0 Å². The molecule has 1 aliphatic carbocycles. The Hall–Kier alpha value is -3.16. The minimum atomic E-state index is -0.289. The van der Waals surface area contributed by atoms with Crippen LogP contribution in [-0.2, 0) is 17.9 Å². The molecule has 1 atom stereocenters. The zero-order valence-corrected chi connectivity index (χ0v) is 15.4. The van der Waals surface area contributed by atoms with Gasteiger partial charge >= 0.3 is 0 Å². The van der Waals surface area contributed by atoms with Gasteiger partial charge in [-0.25, -0.2) is 0 Å². The Bertz CT molecular complexity index is 978. The van der Waals surface area contributed by atoms with E-state index in [4.69, 9.17) is 0 Å². The first-order valence-electron chi connectivity index (χ1n) is 9.63. The van der Waals surface area contributed by atoms with Crippen molar-refractivity contribution in [2.75, 3.05) is 6.54 Å². The number of hydrogen-bond donors (Lipinski definition) is 2. The normalized spacial score (nSPS) is 20.4. The summed E-state index contributed by atoms with van der Waals surface area (Å²) in [6, 6.07) is 9.14. The molecule has 2 aromatic rings. The van der Waals surface area contributed by atoms with E-state index in [9.17, 15) is 14.4 Å². The summed E-state index contributed by atoms with van der Waals surface area (Å²) < 4.78 is 1.80. The van der Waals surface area contributed by atoms with Crippen LogP contribution >= 0.6 is 0 Å². The molecular weight excluding hydrogens is 358 g/mol. The maximum atomic E-state index is 12.8. The molecule has 3 aliphatic rings. The average Bonchev–Trinajstić information content (AvgIpc) is 3.31. The Labute approximate surface area is 161 Å². The number of amides is 3. The summed E-state index contributed by atoms with van der Waals surface area (Å²) in [7, 11) is 0. The van der Waals surface area contributed by atoms with E-state index in [2.05, 4.69) is 15.7 Å². The fraction of sp³-hybridized carbons (Fsp3) is 0.400. The highest BCUT2D eigenvalue weighted by atomic mass is 16.2. The van der Waals surface area contributed by atoms with Crippen molar-refractivity contribution >= 4 is 17.7 Å². The van der Waals surface area contributed by atoms with Gasteiger partial charge in [0.25, 0.3) is 11.8 Å². The van der Waals surface area contributed by atoms with Gasteiger partial charge in [-0.15, -0.1) is 0 Å². The first-order chi connectivity index (χ1) is 13.6. The van der Waals surface area contributed by atoms with Crippen LogP contribution in [-0.4, -0.2) is 45.0 Å². The predicted octanol–water partition coefficient (Wildman–Crippen LogP) is 0.992. The van der Waals surface area contributed by atoms with E-state index in [1.54, 1.807) is 21.7 Å². The maximum absolute atomic E-state index is 12.8. The molecule has 0 bridgehead atoms. The number of nitrogens with one attached hydrogen (secondary N) is 2. The van der Waals surface area contributed by atoms with Crippen LogP contribution in [0.4, 0.5) is 0 Å². The fourth-order valence-electron chi connectivity index (χ4n) is 3.86. The molecule has 8 nitrogen and oxygen atoms in total. The third kappa shape index (κ3) is 3.04. The lowest BCUT2D eigenvalue weighted by molar-refractivity contribution is -0.133. The van der Waals surface area contributed by atoms with Crippen LogP contribution in [0.3, 0.4) is 0 Å². The molecule has 1 aromatic carbocycles. The van der Waals surface area contributed by atoms with Crippen LogP contribution in [0.15, 0.2) is 30.3 Å². The molecule has 0 unspecified atom stereocenters. The van der Waals surface area contributed by atoms with Crippen molar-refractivity contribution in [1.29, 1.82) is 0 Å². The molecule has 2 aliphatic heterocycles. The van der Waals surface area contributed by atoms with Crippen LogP contribution in [0, 0.1) is 0 Å². The lowest BCUT2D eigenvalue weighted by atomic mass is 10.0. The Morgan fingerprint density at radius 1 is 1.21 bits per heavy atom. The molecule has 5 rings (SSSR count). The molecule has 0 saturated heterocycles. The van der Waals surface area contributed by atoms with Crippen LogP contribution in [0.5, 0.6) is 0 Å². The predicted molar refractivity (Wildman–Crippen MR) is 99.4 cm³/mol. The molecule has 3 heterocycles. The molecule has 0 spiro atoms. The topological polar surface area (TPSA) is 96.3 Å². The minimum Gasteiger partial charge on any atom is -0.348 e. The summed E-state index contributed by atoms with van der Waals surface area (Å²) in [6.07, 6.45) is 2.29. The summed E-state index contributed by atoms with van der Waals surface area (Å²) in [6.45, 7) is 1.52. The highest BCUT2D eigenvalue weighted by Gasteiger charge is 2.32. The van der Waals surface area contributed by atoms with Gasteiger partial charge in [0.15, 0.2) is 5.69 Å². The standard InChI is InChI=1S/C20H21N5O3/c26-18(10-16-14-3-1-2-4-15(14)19(27)22-16)24-7-8-25-13(11-24)9-17(23-25)20(28)21-12-5-6-12/h1-4,9,12,16H,5-8,10-11H2,(H,21,28)(H,22,27)/t16-/m1/s1. The van der Waals surface area contributed by atoms with Gasteiger partial charge < -0.3 is 15.5 Å². The van der Waals surface area contributed by atoms with Gasteiger partial charge in [-0.1, -0.05) is 18.2 Å². The van der Waals surface area contributed by atoms with Crippen molar-refractivity contribution in [3.8, 4) is 0 Å². The van der Waals surface area contributed by atoms with Gasteiger partial charge in [0, 0.05) is 18.2 Å². The first kappa shape index (κ1) is 17.0. The molecule has 1 aromatic heterocycles. The highest BCUT2D eigenvalue weighted by Crippen LogP contribution is 2.28. The van der Waals surface area contributed by atoms with Crippen molar-refractivity contribution < 1.29 is 14.4 Å². The number of hydrogen-bond acceptors (Lipinski definition) is 4. The largest absolute Gasteiger partial charge is 0.348 e. The molecule has 0 radical (unpaired) electrons. The second-order valence-corrected chi connectivity index (χ2v) is 7.62. The van der Waals surface area contributed by atoms with Crippen molar-refractivity contribution in [3.63, 3.8) is 0 Å². The summed E-state index contributed by atoms with van der Waals surface area (Å²) in [5, 5.41) is 10.2. The lowest BCUT2D eigenvalue weighted by Gasteiger charge is -2.28. The molecule has 144 valence electrons. The molecule has 1 saturated carbocycles.